The number of benzene rings is 1. The molecule has 0 saturated heterocycles. The van der Waals surface area contributed by atoms with Gasteiger partial charge < -0.3 is 15.4 Å². The molecule has 2 N–H and O–H groups in total. The highest BCUT2D eigenvalue weighted by Crippen LogP contribution is 2.26. The van der Waals surface area contributed by atoms with Crippen LogP contribution in [-0.4, -0.2) is 26.7 Å². The Hall–Kier alpha value is -2.08. The number of ether oxygens (including phenoxy) is 1. The number of thiophene rings is 1. The molecule has 1 unspecified atom stereocenters. The molecule has 0 aliphatic heterocycles. The normalized spacial score (nSPS) is 13.4. The van der Waals surface area contributed by atoms with Crippen LogP contribution in [0.2, 0.25) is 0 Å². The van der Waals surface area contributed by atoms with E-state index in [1.165, 1.54) is 18.1 Å². The van der Waals surface area contributed by atoms with E-state index in [0.29, 0.717) is 5.96 Å². The molecule has 6 heteroatoms. The van der Waals surface area contributed by atoms with Gasteiger partial charge in [0.15, 0.2) is 17.5 Å². The summed E-state index contributed by atoms with van der Waals surface area (Å²) in [6.45, 7) is 7.11. The van der Waals surface area contributed by atoms with Gasteiger partial charge in [0.05, 0.1) is 13.2 Å². The van der Waals surface area contributed by atoms with E-state index in [1.807, 2.05) is 13.0 Å². The van der Waals surface area contributed by atoms with Gasteiger partial charge in [-0.15, -0.1) is 11.3 Å². The molecular weight excluding hydrogens is 337 g/mol. The second-order valence-electron chi connectivity index (χ2n) is 6.55. The maximum Gasteiger partial charge on any atom is 0.191 e. The first-order valence-electron chi connectivity index (χ1n) is 8.22. The van der Waals surface area contributed by atoms with E-state index in [2.05, 4.69) is 47.0 Å². The van der Waals surface area contributed by atoms with Gasteiger partial charge >= 0.3 is 0 Å². The van der Waals surface area contributed by atoms with Gasteiger partial charge in [0.1, 0.15) is 0 Å². The monoisotopic (exact) mass is 363 g/mol. The number of hydrogen-bond acceptors (Lipinski definition) is 3. The number of halogens is 1. The van der Waals surface area contributed by atoms with Crippen molar-refractivity contribution in [3.05, 3.63) is 52.0 Å². The van der Waals surface area contributed by atoms with Crippen molar-refractivity contribution in [2.75, 3.05) is 20.7 Å². The number of nitrogens with one attached hydrogen (secondary N) is 2. The molecule has 0 spiro atoms. The summed E-state index contributed by atoms with van der Waals surface area (Å²) in [5.41, 5.74) is 0.833. The Bertz CT molecular complexity index is 713. The molecule has 0 saturated carbocycles. The first-order valence-corrected chi connectivity index (χ1v) is 9.10. The Morgan fingerprint density at radius 2 is 2.12 bits per heavy atom. The van der Waals surface area contributed by atoms with E-state index in [1.54, 1.807) is 24.5 Å². The third-order valence-electron chi connectivity index (χ3n) is 4.14. The quantitative estimate of drug-likeness (QED) is 0.600. The topological polar surface area (TPSA) is 45.7 Å². The van der Waals surface area contributed by atoms with Crippen LogP contribution in [0, 0.1) is 5.82 Å². The van der Waals surface area contributed by atoms with Crippen molar-refractivity contribution in [3.63, 3.8) is 0 Å². The van der Waals surface area contributed by atoms with Crippen molar-refractivity contribution < 1.29 is 9.13 Å². The van der Waals surface area contributed by atoms with Crippen LogP contribution in [0.4, 0.5) is 4.39 Å². The summed E-state index contributed by atoms with van der Waals surface area (Å²) in [7, 11) is 3.19. The number of methoxy groups -OCH3 is 1. The van der Waals surface area contributed by atoms with Gasteiger partial charge in [-0.1, -0.05) is 26.0 Å². The number of guanidine groups is 1. The average molecular weight is 364 g/mol. The first kappa shape index (κ1) is 19.2. The summed E-state index contributed by atoms with van der Waals surface area (Å²) in [6, 6.07) is 9.10. The van der Waals surface area contributed by atoms with Crippen LogP contribution >= 0.6 is 11.3 Å². The smallest absolute Gasteiger partial charge is 0.191 e. The molecule has 1 aromatic carbocycles. The Morgan fingerprint density at radius 3 is 2.68 bits per heavy atom. The Labute approximate surface area is 153 Å². The van der Waals surface area contributed by atoms with Crippen LogP contribution < -0.4 is 15.4 Å². The summed E-state index contributed by atoms with van der Waals surface area (Å²) in [4.78, 5) is 5.59. The molecule has 136 valence electrons. The number of nitrogens with zero attached hydrogens (tertiary/aromatic N) is 1. The lowest BCUT2D eigenvalue weighted by Crippen LogP contribution is -2.44. The molecule has 1 aromatic heterocycles. The maximum atomic E-state index is 13.9. The van der Waals surface area contributed by atoms with Gasteiger partial charge in [0.25, 0.3) is 0 Å². The van der Waals surface area contributed by atoms with Crippen molar-refractivity contribution in [3.8, 4) is 5.75 Å². The van der Waals surface area contributed by atoms with Gasteiger partial charge in [-0.3, -0.25) is 4.99 Å². The lowest BCUT2D eigenvalue weighted by atomic mass is 9.91. The van der Waals surface area contributed by atoms with Crippen LogP contribution in [0.25, 0.3) is 0 Å². The van der Waals surface area contributed by atoms with Gasteiger partial charge in [-0.2, -0.15) is 0 Å². The van der Waals surface area contributed by atoms with Crippen molar-refractivity contribution in [2.45, 2.75) is 32.2 Å². The predicted octanol–water partition coefficient (Wildman–Crippen LogP) is 4.10. The Balaban J connectivity index is 1.98. The first-order chi connectivity index (χ1) is 11.9. The summed E-state index contributed by atoms with van der Waals surface area (Å²) >= 11 is 1.75. The van der Waals surface area contributed by atoms with Crippen molar-refractivity contribution in [2.24, 2.45) is 4.99 Å². The summed E-state index contributed by atoms with van der Waals surface area (Å²) in [6.07, 6.45) is 0. The van der Waals surface area contributed by atoms with Crippen LogP contribution in [0.15, 0.2) is 40.7 Å². The molecule has 1 atom stereocenters. The number of rotatable bonds is 6. The third kappa shape index (κ3) is 4.95. The Kier molecular flexibility index (Phi) is 6.42. The van der Waals surface area contributed by atoms with Crippen LogP contribution in [0.5, 0.6) is 5.75 Å². The van der Waals surface area contributed by atoms with Gasteiger partial charge in [0, 0.05) is 23.9 Å². The molecule has 0 amide bonds. The summed E-state index contributed by atoms with van der Waals surface area (Å²) in [5, 5.41) is 8.75. The molecule has 2 aromatic rings. The standard InChI is InChI=1S/C19H26FN3OS/c1-13(14-8-9-16(24-5)15(20)11-14)23-18(21-4)22-12-19(2,3)17-7-6-10-25-17/h6-11,13H,12H2,1-5H3,(H2,21,22,23). The molecular formula is C19H26FN3OS. The summed E-state index contributed by atoms with van der Waals surface area (Å²) in [5.74, 6) is 0.569. The minimum atomic E-state index is -0.365. The highest BCUT2D eigenvalue weighted by Gasteiger charge is 2.22. The Morgan fingerprint density at radius 1 is 1.36 bits per heavy atom. The van der Waals surface area contributed by atoms with E-state index in [0.717, 1.165) is 12.1 Å². The van der Waals surface area contributed by atoms with E-state index in [4.69, 9.17) is 4.74 Å². The molecule has 1 heterocycles. The molecule has 0 fully saturated rings. The zero-order valence-corrected chi connectivity index (χ0v) is 16.2. The fourth-order valence-electron chi connectivity index (χ4n) is 2.49. The largest absolute Gasteiger partial charge is 0.494 e. The zero-order chi connectivity index (χ0) is 18.4. The number of aliphatic imine (C=N–C) groups is 1. The van der Waals surface area contributed by atoms with E-state index >= 15 is 0 Å². The number of hydrogen-bond donors (Lipinski definition) is 2. The van der Waals surface area contributed by atoms with E-state index in [9.17, 15) is 4.39 Å². The average Bonchev–Trinajstić information content (AvgIpc) is 3.13. The van der Waals surface area contributed by atoms with Crippen molar-refractivity contribution in [1.82, 2.24) is 10.6 Å². The zero-order valence-electron chi connectivity index (χ0n) is 15.4. The van der Waals surface area contributed by atoms with Crippen molar-refractivity contribution in [1.29, 1.82) is 0 Å². The minimum absolute atomic E-state index is 0.00124. The lowest BCUT2D eigenvalue weighted by Gasteiger charge is -2.26. The second-order valence-corrected chi connectivity index (χ2v) is 7.49. The fourth-order valence-corrected chi connectivity index (χ4v) is 3.34. The van der Waals surface area contributed by atoms with Gasteiger partial charge in [-0.05, 0) is 36.1 Å². The molecule has 4 nitrogen and oxygen atoms in total. The third-order valence-corrected chi connectivity index (χ3v) is 5.37. The fraction of sp³-hybridized carbons (Fsp3) is 0.421. The van der Waals surface area contributed by atoms with Crippen LogP contribution in [-0.2, 0) is 5.41 Å². The van der Waals surface area contributed by atoms with Crippen LogP contribution in [0.1, 0.15) is 37.3 Å². The highest BCUT2D eigenvalue weighted by atomic mass is 32.1. The van der Waals surface area contributed by atoms with Crippen molar-refractivity contribution >= 4 is 17.3 Å². The minimum Gasteiger partial charge on any atom is -0.494 e. The SMILES string of the molecule is CN=C(NCC(C)(C)c1cccs1)NC(C)c1ccc(OC)c(F)c1. The van der Waals surface area contributed by atoms with E-state index < -0.39 is 0 Å². The molecule has 0 aliphatic carbocycles. The van der Waals surface area contributed by atoms with Gasteiger partial charge in [-0.25, -0.2) is 4.39 Å². The molecule has 25 heavy (non-hydrogen) atoms. The summed E-state index contributed by atoms with van der Waals surface area (Å²) < 4.78 is 18.9. The molecule has 2 rings (SSSR count). The second kappa shape index (κ2) is 8.34. The highest BCUT2D eigenvalue weighted by molar-refractivity contribution is 7.10. The lowest BCUT2D eigenvalue weighted by molar-refractivity contribution is 0.386. The molecule has 0 bridgehead atoms. The molecule has 0 radical (unpaired) electrons. The van der Waals surface area contributed by atoms with Crippen LogP contribution in [0.3, 0.4) is 0 Å². The maximum absolute atomic E-state index is 13.9. The van der Waals surface area contributed by atoms with E-state index in [-0.39, 0.29) is 23.0 Å². The van der Waals surface area contributed by atoms with Gasteiger partial charge in [0.2, 0.25) is 0 Å². The molecule has 0 aliphatic rings. The predicted molar refractivity (Wildman–Crippen MR) is 103 cm³/mol.